The van der Waals surface area contributed by atoms with Crippen LogP contribution in [0.3, 0.4) is 0 Å². The van der Waals surface area contributed by atoms with Crippen LogP contribution in [0.1, 0.15) is 6.42 Å². The minimum atomic E-state index is -5.00. The van der Waals surface area contributed by atoms with E-state index in [1.54, 1.807) is 5.32 Å². The molecule has 0 saturated heterocycles. The van der Waals surface area contributed by atoms with Crippen LogP contribution in [0.5, 0.6) is 0 Å². The predicted molar refractivity (Wildman–Crippen MR) is 63.8 cm³/mol. The Morgan fingerprint density at radius 1 is 1.05 bits per heavy atom. The van der Waals surface area contributed by atoms with Crippen molar-refractivity contribution in [1.29, 1.82) is 0 Å². The summed E-state index contributed by atoms with van der Waals surface area (Å²) in [6.45, 7) is -1.03. The van der Waals surface area contributed by atoms with Gasteiger partial charge in [0.25, 0.3) is 0 Å². The number of amides is 2. The molecule has 0 unspecified atom stereocenters. The topological polar surface area (TPSA) is 145 Å². The standard InChI is InChI=1S/C10H14F3N3O6/c11-10(12,13)9(22)15-2-1-14-4-6(17)16-5(8(20)21)3-7(18)19/h5,14H,1-4H2,(H,15,22)(H,16,17)(H,18,19)(H,20,21)/t5-/m0/s1. The molecular weight excluding hydrogens is 315 g/mol. The molecule has 0 heterocycles. The van der Waals surface area contributed by atoms with Crippen LogP contribution in [-0.4, -0.2) is 65.8 Å². The van der Waals surface area contributed by atoms with Crippen molar-refractivity contribution in [3.8, 4) is 0 Å². The zero-order chi connectivity index (χ0) is 17.3. The van der Waals surface area contributed by atoms with Gasteiger partial charge in [-0.3, -0.25) is 14.4 Å². The molecule has 0 aromatic heterocycles. The molecule has 0 spiro atoms. The molecule has 126 valence electrons. The van der Waals surface area contributed by atoms with Gasteiger partial charge in [-0.05, 0) is 0 Å². The second-order valence-corrected chi connectivity index (χ2v) is 3.99. The summed E-state index contributed by atoms with van der Waals surface area (Å²) in [7, 11) is 0. The number of nitrogens with one attached hydrogen (secondary N) is 3. The Labute approximate surface area is 121 Å². The number of halogens is 3. The van der Waals surface area contributed by atoms with Crippen LogP contribution in [0.2, 0.25) is 0 Å². The summed E-state index contributed by atoms with van der Waals surface area (Å²) in [5.74, 6) is -5.93. The van der Waals surface area contributed by atoms with Gasteiger partial charge >= 0.3 is 24.0 Å². The van der Waals surface area contributed by atoms with E-state index in [0.29, 0.717) is 0 Å². The normalized spacial score (nSPS) is 12.3. The molecule has 2 amide bonds. The molecule has 22 heavy (non-hydrogen) atoms. The van der Waals surface area contributed by atoms with Gasteiger partial charge in [0.2, 0.25) is 5.91 Å². The second kappa shape index (κ2) is 8.81. The average Bonchev–Trinajstić information content (AvgIpc) is 2.35. The summed E-state index contributed by atoms with van der Waals surface area (Å²) in [6, 6.07) is -1.61. The Kier molecular flexibility index (Phi) is 7.87. The van der Waals surface area contributed by atoms with Crippen LogP contribution < -0.4 is 16.0 Å². The molecule has 0 aromatic carbocycles. The largest absolute Gasteiger partial charge is 0.481 e. The van der Waals surface area contributed by atoms with Gasteiger partial charge in [0.15, 0.2) is 0 Å². The molecule has 0 aliphatic carbocycles. The smallest absolute Gasteiger partial charge is 0.471 e. The highest BCUT2D eigenvalue weighted by Crippen LogP contribution is 2.13. The molecule has 0 aromatic rings. The van der Waals surface area contributed by atoms with E-state index >= 15 is 0 Å². The Hall–Kier alpha value is -2.37. The van der Waals surface area contributed by atoms with E-state index < -0.39 is 55.5 Å². The van der Waals surface area contributed by atoms with Crippen LogP contribution in [-0.2, 0) is 19.2 Å². The van der Waals surface area contributed by atoms with Gasteiger partial charge in [-0.1, -0.05) is 0 Å². The van der Waals surface area contributed by atoms with Crippen LogP contribution in [0, 0.1) is 0 Å². The molecule has 0 aliphatic heterocycles. The number of carbonyl (C=O) groups excluding carboxylic acids is 2. The van der Waals surface area contributed by atoms with E-state index in [1.165, 1.54) is 0 Å². The molecule has 0 rings (SSSR count). The van der Waals surface area contributed by atoms with Gasteiger partial charge in [-0.25, -0.2) is 4.79 Å². The molecule has 1 atom stereocenters. The SMILES string of the molecule is O=C(O)C[C@H](NC(=O)CNCCNC(=O)C(F)(F)F)C(=O)O. The molecule has 0 radical (unpaired) electrons. The van der Waals surface area contributed by atoms with Gasteiger partial charge in [0.05, 0.1) is 13.0 Å². The highest BCUT2D eigenvalue weighted by atomic mass is 19.4. The third kappa shape index (κ3) is 8.73. The van der Waals surface area contributed by atoms with Crippen molar-refractivity contribution in [3.63, 3.8) is 0 Å². The van der Waals surface area contributed by atoms with E-state index in [2.05, 4.69) is 5.32 Å². The Balaban J connectivity index is 3.97. The van der Waals surface area contributed by atoms with E-state index in [4.69, 9.17) is 10.2 Å². The van der Waals surface area contributed by atoms with Crippen LogP contribution in [0.4, 0.5) is 13.2 Å². The zero-order valence-corrected chi connectivity index (χ0v) is 11.1. The molecule has 9 nitrogen and oxygen atoms in total. The first-order valence-electron chi connectivity index (χ1n) is 5.83. The van der Waals surface area contributed by atoms with Gasteiger partial charge in [-0.15, -0.1) is 0 Å². The quantitative estimate of drug-likeness (QED) is 0.317. The van der Waals surface area contributed by atoms with Crippen LogP contribution in [0.25, 0.3) is 0 Å². The minimum Gasteiger partial charge on any atom is -0.481 e. The summed E-state index contributed by atoms with van der Waals surface area (Å²) in [6.07, 6.45) is -5.81. The van der Waals surface area contributed by atoms with Crippen molar-refractivity contribution in [3.05, 3.63) is 0 Å². The summed E-state index contributed by atoms with van der Waals surface area (Å²) >= 11 is 0. The predicted octanol–water partition coefficient (Wildman–Crippen LogP) is -1.70. The number of carbonyl (C=O) groups is 4. The van der Waals surface area contributed by atoms with Gasteiger partial charge < -0.3 is 26.2 Å². The number of aliphatic carboxylic acids is 2. The first kappa shape index (κ1) is 19.6. The molecule has 0 bridgehead atoms. The number of alkyl halides is 3. The monoisotopic (exact) mass is 329 g/mol. The van der Waals surface area contributed by atoms with Crippen molar-refractivity contribution < 1.29 is 42.6 Å². The molecule has 0 aliphatic rings. The number of hydrogen-bond acceptors (Lipinski definition) is 5. The van der Waals surface area contributed by atoms with Crippen molar-refractivity contribution in [2.24, 2.45) is 0 Å². The Bertz CT molecular complexity index is 440. The fourth-order valence-electron chi connectivity index (χ4n) is 1.19. The first-order chi connectivity index (χ1) is 10.0. The third-order valence-electron chi connectivity index (χ3n) is 2.14. The maximum Gasteiger partial charge on any atom is 0.471 e. The fraction of sp³-hybridized carbons (Fsp3) is 0.600. The second-order valence-electron chi connectivity index (χ2n) is 3.99. The Morgan fingerprint density at radius 2 is 1.64 bits per heavy atom. The fourth-order valence-corrected chi connectivity index (χ4v) is 1.19. The van der Waals surface area contributed by atoms with Gasteiger partial charge in [0, 0.05) is 13.1 Å². The number of carboxylic acids is 2. The van der Waals surface area contributed by atoms with Crippen molar-refractivity contribution in [2.45, 2.75) is 18.6 Å². The number of hydrogen-bond donors (Lipinski definition) is 5. The van der Waals surface area contributed by atoms with Crippen molar-refractivity contribution in [1.82, 2.24) is 16.0 Å². The lowest BCUT2D eigenvalue weighted by Gasteiger charge is -2.13. The van der Waals surface area contributed by atoms with Crippen molar-refractivity contribution in [2.75, 3.05) is 19.6 Å². The lowest BCUT2D eigenvalue weighted by molar-refractivity contribution is -0.173. The maximum atomic E-state index is 11.8. The van der Waals surface area contributed by atoms with E-state index in [0.717, 1.165) is 0 Å². The Morgan fingerprint density at radius 3 is 2.09 bits per heavy atom. The first-order valence-corrected chi connectivity index (χ1v) is 5.83. The molecule has 0 fully saturated rings. The van der Waals surface area contributed by atoms with Crippen LogP contribution >= 0.6 is 0 Å². The summed E-state index contributed by atoms with van der Waals surface area (Å²) in [4.78, 5) is 42.8. The van der Waals surface area contributed by atoms with Crippen LogP contribution in [0.15, 0.2) is 0 Å². The number of rotatable bonds is 9. The highest BCUT2D eigenvalue weighted by Gasteiger charge is 2.38. The molecule has 0 saturated carbocycles. The lowest BCUT2D eigenvalue weighted by atomic mass is 10.2. The summed E-state index contributed by atoms with van der Waals surface area (Å²) < 4.78 is 35.4. The maximum absolute atomic E-state index is 11.8. The third-order valence-corrected chi connectivity index (χ3v) is 2.14. The lowest BCUT2D eigenvalue weighted by Crippen LogP contribution is -2.46. The van der Waals surface area contributed by atoms with E-state index in [-0.39, 0.29) is 6.54 Å². The zero-order valence-electron chi connectivity index (χ0n) is 11.1. The van der Waals surface area contributed by atoms with Gasteiger partial charge in [0.1, 0.15) is 6.04 Å². The average molecular weight is 329 g/mol. The summed E-state index contributed by atoms with van der Waals surface area (Å²) in [5.41, 5.74) is 0. The van der Waals surface area contributed by atoms with E-state index in [1.807, 2.05) is 5.32 Å². The van der Waals surface area contributed by atoms with Crippen molar-refractivity contribution >= 4 is 23.8 Å². The highest BCUT2D eigenvalue weighted by molar-refractivity contribution is 5.87. The summed E-state index contributed by atoms with van der Waals surface area (Å²) in [5, 5.41) is 22.9. The minimum absolute atomic E-state index is 0.175. The molecular formula is C10H14F3N3O6. The van der Waals surface area contributed by atoms with E-state index in [9.17, 15) is 32.3 Å². The number of carboxylic acid groups (broad SMARTS) is 2. The van der Waals surface area contributed by atoms with Gasteiger partial charge in [-0.2, -0.15) is 13.2 Å². The molecule has 12 heteroatoms. The molecule has 5 N–H and O–H groups in total.